The van der Waals surface area contributed by atoms with Gasteiger partial charge >= 0.3 is 0 Å². The van der Waals surface area contributed by atoms with Crippen LogP contribution in [0.5, 0.6) is 5.75 Å². The predicted molar refractivity (Wildman–Crippen MR) is 107 cm³/mol. The van der Waals surface area contributed by atoms with E-state index in [0.717, 1.165) is 11.0 Å². The van der Waals surface area contributed by atoms with Crippen molar-refractivity contribution in [1.82, 2.24) is 9.55 Å². The summed E-state index contributed by atoms with van der Waals surface area (Å²) >= 11 is 5.90. The Morgan fingerprint density at radius 3 is 2.63 bits per heavy atom. The number of para-hydroxylation sites is 2. The number of rotatable bonds is 6. The third kappa shape index (κ3) is 3.91. The maximum absolute atomic E-state index is 12.8. The van der Waals surface area contributed by atoms with Gasteiger partial charge in [-0.15, -0.1) is 0 Å². The highest BCUT2D eigenvalue weighted by Gasteiger charge is 2.17. The minimum absolute atomic E-state index is 0.00903. The molecule has 0 aliphatic heterocycles. The molecule has 0 atom stereocenters. The number of allylic oxidation sites excluding steroid dienone is 1. The summed E-state index contributed by atoms with van der Waals surface area (Å²) < 4.78 is 7.21. The minimum Gasteiger partial charge on any atom is -0.438 e. The summed E-state index contributed by atoms with van der Waals surface area (Å²) in [4.78, 5) is 21.1. The molecule has 0 radical (unpaired) electrons. The van der Waals surface area contributed by atoms with Crippen molar-refractivity contribution in [2.75, 3.05) is 0 Å². The summed E-state index contributed by atoms with van der Waals surface area (Å²) in [5.41, 5.74) is 7.89. The molecule has 0 saturated heterocycles. The van der Waals surface area contributed by atoms with Crippen LogP contribution in [0, 0.1) is 0 Å². The molecule has 0 bridgehead atoms. The maximum atomic E-state index is 12.8. The molecule has 1 heterocycles. The summed E-state index contributed by atoms with van der Waals surface area (Å²) in [6.45, 7) is 3.50. The lowest BCUT2D eigenvalue weighted by Gasteiger charge is -2.07. The van der Waals surface area contributed by atoms with E-state index in [1.807, 2.05) is 31.3 Å². The molecule has 7 heteroatoms. The van der Waals surface area contributed by atoms with Crippen molar-refractivity contribution in [2.24, 2.45) is 17.8 Å². The number of halogens is 1. The molecule has 3 rings (SSSR count). The van der Waals surface area contributed by atoms with Crippen molar-refractivity contribution in [1.29, 1.82) is 0 Å². The fourth-order valence-corrected chi connectivity index (χ4v) is 2.60. The van der Waals surface area contributed by atoms with E-state index >= 15 is 0 Å². The number of hydrogen-bond acceptors (Lipinski definition) is 5. The highest BCUT2D eigenvalue weighted by Crippen LogP contribution is 2.20. The monoisotopic (exact) mass is 380 g/mol. The molecule has 3 aromatic rings. The topological polar surface area (TPSA) is 82.5 Å². The molecule has 0 spiro atoms. The number of aliphatic imine (C=N–C) groups is 1. The molecule has 6 nitrogen and oxygen atoms in total. The summed E-state index contributed by atoms with van der Waals surface area (Å²) in [7, 11) is 1.82. The van der Waals surface area contributed by atoms with Gasteiger partial charge in [0, 0.05) is 18.8 Å². The van der Waals surface area contributed by atoms with Crippen LogP contribution in [0.25, 0.3) is 11.0 Å². The molecule has 0 amide bonds. The number of nitrogens with two attached hydrogens (primary N) is 1. The number of ketones is 1. The molecule has 0 saturated carbocycles. The van der Waals surface area contributed by atoms with E-state index in [1.54, 1.807) is 28.8 Å². The van der Waals surface area contributed by atoms with Crippen LogP contribution >= 0.6 is 11.6 Å². The van der Waals surface area contributed by atoms with Crippen LogP contribution < -0.4 is 10.5 Å². The van der Waals surface area contributed by atoms with Crippen molar-refractivity contribution in [3.63, 3.8) is 0 Å². The van der Waals surface area contributed by atoms with Crippen molar-refractivity contribution in [3.8, 4) is 5.75 Å². The van der Waals surface area contributed by atoms with Gasteiger partial charge in [0.2, 0.25) is 11.7 Å². The van der Waals surface area contributed by atoms with E-state index in [1.165, 1.54) is 12.3 Å². The number of benzene rings is 2. The van der Waals surface area contributed by atoms with Gasteiger partial charge in [-0.2, -0.15) is 0 Å². The lowest BCUT2D eigenvalue weighted by Crippen LogP contribution is -2.10. The van der Waals surface area contributed by atoms with Gasteiger partial charge in [-0.25, -0.2) is 9.98 Å². The molecule has 0 aliphatic carbocycles. The number of carbonyl (C=O) groups excluding carboxylic acids is 1. The van der Waals surface area contributed by atoms with E-state index in [0.29, 0.717) is 17.1 Å². The third-order valence-corrected chi connectivity index (χ3v) is 4.12. The smallest absolute Gasteiger partial charge is 0.228 e. The average molecular weight is 381 g/mol. The van der Waals surface area contributed by atoms with Crippen LogP contribution in [0.4, 0.5) is 0 Å². The second kappa shape index (κ2) is 7.88. The van der Waals surface area contributed by atoms with Crippen LogP contribution in [-0.2, 0) is 7.05 Å². The number of carbonyl (C=O) groups is 1. The van der Waals surface area contributed by atoms with Gasteiger partial charge in [0.05, 0.1) is 11.0 Å². The molecule has 136 valence electrons. The fourth-order valence-electron chi connectivity index (χ4n) is 2.50. The summed E-state index contributed by atoms with van der Waals surface area (Å²) in [6, 6.07) is 14.1. The zero-order valence-electron chi connectivity index (χ0n) is 14.6. The van der Waals surface area contributed by atoms with E-state index in [2.05, 4.69) is 16.6 Å². The molecule has 2 N–H and O–H groups in total. The van der Waals surface area contributed by atoms with E-state index in [9.17, 15) is 4.79 Å². The molecule has 2 aromatic carbocycles. The normalized spacial score (nSPS) is 12.2. The van der Waals surface area contributed by atoms with Gasteiger partial charge < -0.3 is 15.0 Å². The summed E-state index contributed by atoms with van der Waals surface area (Å²) in [5, 5.41) is 0.00903. The molecule has 27 heavy (non-hydrogen) atoms. The number of fused-ring (bicyclic) bond motifs is 1. The van der Waals surface area contributed by atoms with E-state index < -0.39 is 0 Å². The first kappa shape index (κ1) is 18.4. The molecular weight excluding hydrogens is 364 g/mol. The Balaban J connectivity index is 1.82. The van der Waals surface area contributed by atoms with Gasteiger partial charge in [-0.1, -0.05) is 36.4 Å². The standard InChI is InChI=1S/C20H17ClN4O2/c1-3-12-23-18(21)19(22)27-14-10-8-13(9-11-14)17(26)20-24-15-6-4-5-7-16(15)25(20)2/h3-12H,1,22H2,2H3/b19-18+,23-12-. The Labute approximate surface area is 161 Å². The van der Waals surface area contributed by atoms with Gasteiger partial charge in [0.15, 0.2) is 11.0 Å². The first-order valence-corrected chi connectivity index (χ1v) is 8.43. The van der Waals surface area contributed by atoms with Gasteiger partial charge in [0.25, 0.3) is 0 Å². The Morgan fingerprint density at radius 1 is 1.26 bits per heavy atom. The van der Waals surface area contributed by atoms with Gasteiger partial charge in [-0.05, 0) is 36.4 Å². The highest BCUT2D eigenvalue weighted by atomic mass is 35.5. The number of imidazole rings is 1. The molecule has 1 aromatic heterocycles. The van der Waals surface area contributed by atoms with Gasteiger partial charge in [0.1, 0.15) is 5.75 Å². The van der Waals surface area contributed by atoms with Gasteiger partial charge in [-0.3, -0.25) is 4.79 Å². The zero-order valence-corrected chi connectivity index (χ0v) is 15.3. The van der Waals surface area contributed by atoms with E-state index in [-0.39, 0.29) is 16.8 Å². The SMILES string of the molecule is C=C/C=N\C(Cl)=C(/N)Oc1ccc(C(=O)c2nc3ccccc3n2C)cc1. The summed E-state index contributed by atoms with van der Waals surface area (Å²) in [6.07, 6.45) is 2.87. The van der Waals surface area contributed by atoms with E-state index in [4.69, 9.17) is 22.1 Å². The first-order chi connectivity index (χ1) is 13.0. The van der Waals surface area contributed by atoms with Crippen LogP contribution in [0.1, 0.15) is 16.2 Å². The maximum Gasteiger partial charge on any atom is 0.228 e. The number of aryl methyl sites for hydroxylation is 1. The molecule has 0 unspecified atom stereocenters. The Kier molecular flexibility index (Phi) is 5.38. The molecular formula is C20H17ClN4O2. The number of aromatic nitrogens is 2. The minimum atomic E-state index is -0.183. The first-order valence-electron chi connectivity index (χ1n) is 8.05. The van der Waals surface area contributed by atoms with Crippen molar-refractivity contribution >= 4 is 34.6 Å². The number of hydrogen-bond donors (Lipinski definition) is 1. The number of ether oxygens (including phenoxy) is 1. The van der Waals surface area contributed by atoms with Crippen LogP contribution in [0.2, 0.25) is 0 Å². The second-order valence-corrected chi connectivity index (χ2v) is 5.97. The Bertz CT molecular complexity index is 1070. The van der Waals surface area contributed by atoms with Crippen LogP contribution in [0.15, 0.2) is 77.2 Å². The Hall–Kier alpha value is -3.38. The molecule has 0 fully saturated rings. The lowest BCUT2D eigenvalue weighted by molar-refractivity contribution is 0.102. The quantitative estimate of drug-likeness (QED) is 0.305. The van der Waals surface area contributed by atoms with Crippen LogP contribution in [0.3, 0.4) is 0 Å². The lowest BCUT2D eigenvalue weighted by atomic mass is 10.1. The fraction of sp³-hybridized carbons (Fsp3) is 0.0500. The predicted octanol–water partition coefficient (Wildman–Crippen LogP) is 3.76. The van der Waals surface area contributed by atoms with Crippen molar-refractivity contribution < 1.29 is 9.53 Å². The average Bonchev–Trinajstić information content (AvgIpc) is 3.03. The summed E-state index contributed by atoms with van der Waals surface area (Å²) in [5.74, 6) is 0.564. The second-order valence-electron chi connectivity index (χ2n) is 5.61. The Morgan fingerprint density at radius 2 is 1.96 bits per heavy atom. The zero-order chi connectivity index (χ0) is 19.4. The third-order valence-electron chi connectivity index (χ3n) is 3.83. The highest BCUT2D eigenvalue weighted by molar-refractivity contribution is 6.30. The van der Waals surface area contributed by atoms with Crippen molar-refractivity contribution in [3.05, 3.63) is 83.6 Å². The largest absolute Gasteiger partial charge is 0.438 e. The van der Waals surface area contributed by atoms with Crippen LogP contribution in [-0.4, -0.2) is 21.5 Å². The number of nitrogens with zero attached hydrogens (tertiary/aromatic N) is 3. The van der Waals surface area contributed by atoms with Crippen molar-refractivity contribution in [2.45, 2.75) is 0 Å². The molecule has 0 aliphatic rings.